The Hall–Kier alpha value is -0.870. The third kappa shape index (κ3) is 2.13. The lowest BCUT2D eigenvalue weighted by molar-refractivity contribution is -0.0486. The third-order valence-electron chi connectivity index (χ3n) is 3.57. The van der Waals surface area contributed by atoms with E-state index in [9.17, 15) is 0 Å². The highest BCUT2D eigenvalue weighted by molar-refractivity contribution is 5.12. The molecule has 0 aliphatic heterocycles. The lowest BCUT2D eigenvalue weighted by Gasteiger charge is -2.38. The number of nitrogens with zero attached hydrogens (tertiary/aromatic N) is 2. The molecule has 0 aliphatic rings. The summed E-state index contributed by atoms with van der Waals surface area (Å²) in [7, 11) is 5.72. The van der Waals surface area contributed by atoms with Crippen LogP contribution in [0.1, 0.15) is 38.4 Å². The van der Waals surface area contributed by atoms with E-state index >= 15 is 0 Å². The maximum atomic E-state index is 5.76. The second-order valence-electron chi connectivity index (χ2n) is 4.08. The molecule has 1 aromatic rings. The summed E-state index contributed by atoms with van der Waals surface area (Å²) in [6.45, 7) is 4.32. The Balaban J connectivity index is 3.10. The Morgan fingerprint density at radius 3 is 2.44 bits per heavy atom. The van der Waals surface area contributed by atoms with Gasteiger partial charge < -0.3 is 10.1 Å². The molecule has 0 amide bonds. The van der Waals surface area contributed by atoms with Gasteiger partial charge in [0.15, 0.2) is 0 Å². The Bertz CT molecular complexity index is 310. The van der Waals surface area contributed by atoms with E-state index in [-0.39, 0.29) is 11.6 Å². The maximum absolute atomic E-state index is 5.76. The molecule has 92 valence electrons. The summed E-state index contributed by atoms with van der Waals surface area (Å²) >= 11 is 0. The van der Waals surface area contributed by atoms with E-state index in [1.165, 1.54) is 0 Å². The van der Waals surface area contributed by atoms with Crippen LogP contribution in [0.5, 0.6) is 0 Å². The van der Waals surface area contributed by atoms with Crippen LogP contribution in [0.2, 0.25) is 0 Å². The summed E-state index contributed by atoms with van der Waals surface area (Å²) in [4.78, 5) is 0. The average molecular weight is 225 g/mol. The van der Waals surface area contributed by atoms with Crippen molar-refractivity contribution in [1.82, 2.24) is 15.1 Å². The molecule has 0 radical (unpaired) electrons. The number of hydrogen-bond acceptors (Lipinski definition) is 3. The van der Waals surface area contributed by atoms with Gasteiger partial charge in [-0.3, -0.25) is 4.68 Å². The van der Waals surface area contributed by atoms with Crippen molar-refractivity contribution in [3.05, 3.63) is 18.0 Å². The van der Waals surface area contributed by atoms with Crippen LogP contribution in [0.15, 0.2) is 12.3 Å². The van der Waals surface area contributed by atoms with Gasteiger partial charge >= 0.3 is 0 Å². The van der Waals surface area contributed by atoms with E-state index in [4.69, 9.17) is 4.74 Å². The van der Waals surface area contributed by atoms with Crippen molar-refractivity contribution in [2.45, 2.75) is 38.3 Å². The summed E-state index contributed by atoms with van der Waals surface area (Å²) in [5.41, 5.74) is 0.996. The number of aromatic nitrogens is 2. The molecular formula is C12H23N3O. The molecule has 1 rings (SSSR count). The van der Waals surface area contributed by atoms with E-state index in [2.05, 4.69) is 24.3 Å². The predicted molar refractivity (Wildman–Crippen MR) is 65.3 cm³/mol. The first kappa shape index (κ1) is 13.2. The molecule has 0 aliphatic carbocycles. The van der Waals surface area contributed by atoms with Gasteiger partial charge in [0.2, 0.25) is 0 Å². The van der Waals surface area contributed by atoms with Gasteiger partial charge in [-0.25, -0.2) is 0 Å². The van der Waals surface area contributed by atoms with Crippen LogP contribution in [0.25, 0.3) is 0 Å². The molecule has 1 aromatic heterocycles. The van der Waals surface area contributed by atoms with Gasteiger partial charge in [0, 0.05) is 20.4 Å². The van der Waals surface area contributed by atoms with E-state index in [1.54, 1.807) is 7.11 Å². The van der Waals surface area contributed by atoms with E-state index in [0.29, 0.717) is 0 Å². The Morgan fingerprint density at radius 1 is 1.50 bits per heavy atom. The zero-order valence-corrected chi connectivity index (χ0v) is 10.9. The molecule has 0 saturated heterocycles. The highest BCUT2D eigenvalue weighted by atomic mass is 16.5. The molecule has 1 heterocycles. The summed E-state index contributed by atoms with van der Waals surface area (Å²) < 4.78 is 7.67. The summed E-state index contributed by atoms with van der Waals surface area (Å²) in [6.07, 6.45) is 3.76. The van der Waals surface area contributed by atoms with Crippen molar-refractivity contribution in [2.24, 2.45) is 7.05 Å². The monoisotopic (exact) mass is 225 g/mol. The van der Waals surface area contributed by atoms with Crippen LogP contribution < -0.4 is 5.32 Å². The molecule has 1 atom stereocenters. The minimum Gasteiger partial charge on any atom is -0.376 e. The van der Waals surface area contributed by atoms with Crippen LogP contribution in [-0.4, -0.2) is 29.5 Å². The smallest absolute Gasteiger partial charge is 0.0882 e. The number of nitrogens with one attached hydrogen (secondary N) is 1. The number of likely N-dealkylation sites (N-methyl/N-ethyl adjacent to an activating group) is 1. The molecule has 1 N–H and O–H groups in total. The minimum atomic E-state index is -0.164. The molecule has 0 spiro atoms. The van der Waals surface area contributed by atoms with Crippen LogP contribution >= 0.6 is 0 Å². The minimum absolute atomic E-state index is 0.164. The van der Waals surface area contributed by atoms with Crippen LogP contribution in [-0.2, 0) is 11.8 Å². The predicted octanol–water partition coefficient (Wildman–Crippen LogP) is 1.89. The lowest BCUT2D eigenvalue weighted by Crippen LogP contribution is -2.44. The topological polar surface area (TPSA) is 39.1 Å². The zero-order chi connectivity index (χ0) is 12.2. The van der Waals surface area contributed by atoms with E-state index in [0.717, 1.165) is 18.5 Å². The largest absolute Gasteiger partial charge is 0.376 e. The molecule has 0 bridgehead atoms. The van der Waals surface area contributed by atoms with Crippen molar-refractivity contribution < 1.29 is 4.74 Å². The van der Waals surface area contributed by atoms with Gasteiger partial charge in [0.05, 0.1) is 17.3 Å². The molecule has 0 saturated carbocycles. The lowest BCUT2D eigenvalue weighted by atomic mass is 9.86. The SMILES string of the molecule is CCC(CC)(OC)C(NC)c1ccnn1C. The molecule has 0 aromatic carbocycles. The van der Waals surface area contributed by atoms with Gasteiger partial charge in [-0.1, -0.05) is 13.8 Å². The maximum Gasteiger partial charge on any atom is 0.0882 e. The van der Waals surface area contributed by atoms with Crippen LogP contribution in [0.4, 0.5) is 0 Å². The van der Waals surface area contributed by atoms with Crippen molar-refractivity contribution in [3.63, 3.8) is 0 Å². The number of rotatable bonds is 6. The summed E-state index contributed by atoms with van der Waals surface area (Å²) in [5.74, 6) is 0. The normalized spacial score (nSPS) is 14.1. The number of ether oxygens (including phenoxy) is 1. The summed E-state index contributed by atoms with van der Waals surface area (Å²) in [6, 6.07) is 2.21. The van der Waals surface area contributed by atoms with Gasteiger partial charge in [0.25, 0.3) is 0 Å². The number of aryl methyl sites for hydroxylation is 1. The third-order valence-corrected chi connectivity index (χ3v) is 3.57. The fraction of sp³-hybridized carbons (Fsp3) is 0.750. The van der Waals surface area contributed by atoms with Gasteiger partial charge in [-0.15, -0.1) is 0 Å². The van der Waals surface area contributed by atoms with Crippen LogP contribution in [0.3, 0.4) is 0 Å². The fourth-order valence-corrected chi connectivity index (χ4v) is 2.41. The highest BCUT2D eigenvalue weighted by Crippen LogP contribution is 2.34. The summed E-state index contributed by atoms with van der Waals surface area (Å²) in [5, 5.41) is 7.58. The van der Waals surface area contributed by atoms with Crippen LogP contribution in [0, 0.1) is 0 Å². The van der Waals surface area contributed by atoms with E-state index < -0.39 is 0 Å². The Kier molecular flexibility index (Phi) is 4.50. The van der Waals surface area contributed by atoms with E-state index in [1.807, 2.05) is 31.0 Å². The number of hydrogen-bond donors (Lipinski definition) is 1. The molecule has 4 heteroatoms. The first-order chi connectivity index (χ1) is 7.65. The fourth-order valence-electron chi connectivity index (χ4n) is 2.41. The average Bonchev–Trinajstić information content (AvgIpc) is 2.72. The second kappa shape index (κ2) is 5.46. The zero-order valence-electron chi connectivity index (χ0n) is 10.9. The highest BCUT2D eigenvalue weighted by Gasteiger charge is 2.37. The molecule has 16 heavy (non-hydrogen) atoms. The molecule has 1 unspecified atom stereocenters. The van der Waals surface area contributed by atoms with Crippen molar-refractivity contribution in [3.8, 4) is 0 Å². The molecule has 0 fully saturated rings. The Morgan fingerprint density at radius 2 is 2.12 bits per heavy atom. The van der Waals surface area contributed by atoms with Crippen molar-refractivity contribution in [1.29, 1.82) is 0 Å². The first-order valence-electron chi connectivity index (χ1n) is 5.85. The molecule has 4 nitrogen and oxygen atoms in total. The Labute approximate surface area is 98.0 Å². The molecular weight excluding hydrogens is 202 g/mol. The van der Waals surface area contributed by atoms with Crippen molar-refractivity contribution >= 4 is 0 Å². The standard InChI is InChI=1S/C12H23N3O/c1-6-12(7-2,16-5)11(13-3)10-8-9-14-15(10)4/h8-9,11,13H,6-7H2,1-5H3. The van der Waals surface area contributed by atoms with Gasteiger partial charge in [0.1, 0.15) is 0 Å². The quantitative estimate of drug-likeness (QED) is 0.803. The first-order valence-corrected chi connectivity index (χ1v) is 5.85. The number of methoxy groups -OCH3 is 1. The van der Waals surface area contributed by atoms with Crippen molar-refractivity contribution in [2.75, 3.05) is 14.2 Å². The second-order valence-corrected chi connectivity index (χ2v) is 4.08. The van der Waals surface area contributed by atoms with Gasteiger partial charge in [-0.05, 0) is 26.0 Å². The van der Waals surface area contributed by atoms with Gasteiger partial charge in [-0.2, -0.15) is 5.10 Å².